The molecular weight excluding hydrogens is 190 g/mol. The Morgan fingerprint density at radius 3 is 2.64 bits per heavy atom. The number of aliphatic carboxylic acids is 1. The number of aliphatic hydroxyl groups is 1. The maximum Gasteiger partial charge on any atom is 0.407 e. The average Bonchev–Trinajstić information content (AvgIpc) is 2.15. The van der Waals surface area contributed by atoms with Crippen molar-refractivity contribution in [1.82, 2.24) is 5.32 Å². The lowest BCUT2D eigenvalue weighted by Gasteiger charge is -2.09. The molecule has 80 valence electrons. The lowest BCUT2D eigenvalue weighted by molar-refractivity contribution is -0.142. The third-order valence-corrected chi connectivity index (χ3v) is 1.39. The zero-order valence-corrected chi connectivity index (χ0v) is 7.60. The first-order valence-electron chi connectivity index (χ1n) is 3.97. The van der Waals surface area contributed by atoms with Crippen molar-refractivity contribution < 1.29 is 24.5 Å². The van der Waals surface area contributed by atoms with Gasteiger partial charge in [0.2, 0.25) is 0 Å². The molecule has 0 aromatic rings. The van der Waals surface area contributed by atoms with E-state index in [1.165, 1.54) is 6.08 Å². The van der Waals surface area contributed by atoms with Crippen LogP contribution in [0.1, 0.15) is 0 Å². The Morgan fingerprint density at radius 2 is 2.21 bits per heavy atom. The quantitative estimate of drug-likeness (QED) is 0.510. The second-order valence-electron chi connectivity index (χ2n) is 2.49. The number of nitrogens with one attached hydrogen (secondary N) is 1. The molecule has 1 atom stereocenters. The van der Waals surface area contributed by atoms with Gasteiger partial charge in [0.05, 0.1) is 12.5 Å². The summed E-state index contributed by atoms with van der Waals surface area (Å²) in [7, 11) is 0. The van der Waals surface area contributed by atoms with E-state index in [1.54, 1.807) is 0 Å². The summed E-state index contributed by atoms with van der Waals surface area (Å²) in [6.07, 6.45) is 0.657. The predicted molar refractivity (Wildman–Crippen MR) is 47.8 cm³/mol. The summed E-state index contributed by atoms with van der Waals surface area (Å²) in [5.41, 5.74) is 0. The highest BCUT2D eigenvalue weighted by Gasteiger charge is 2.16. The van der Waals surface area contributed by atoms with Gasteiger partial charge in [0.25, 0.3) is 0 Å². The molecule has 14 heavy (non-hydrogen) atoms. The number of carboxylic acid groups (broad SMARTS) is 1. The molecule has 0 saturated heterocycles. The second kappa shape index (κ2) is 6.90. The van der Waals surface area contributed by atoms with Crippen LogP contribution in [0.3, 0.4) is 0 Å². The highest BCUT2D eigenvalue weighted by atomic mass is 16.5. The minimum Gasteiger partial charge on any atom is -0.481 e. The molecule has 0 rings (SSSR count). The molecule has 0 spiro atoms. The van der Waals surface area contributed by atoms with Gasteiger partial charge in [-0.05, 0) is 0 Å². The van der Waals surface area contributed by atoms with Crippen molar-refractivity contribution in [2.75, 3.05) is 19.8 Å². The van der Waals surface area contributed by atoms with Crippen LogP contribution in [0.5, 0.6) is 0 Å². The van der Waals surface area contributed by atoms with Crippen molar-refractivity contribution in [3.8, 4) is 0 Å². The van der Waals surface area contributed by atoms with Gasteiger partial charge >= 0.3 is 12.1 Å². The van der Waals surface area contributed by atoms with Crippen molar-refractivity contribution in [3.05, 3.63) is 12.7 Å². The summed E-state index contributed by atoms with van der Waals surface area (Å²) >= 11 is 0. The van der Waals surface area contributed by atoms with E-state index in [0.29, 0.717) is 0 Å². The van der Waals surface area contributed by atoms with E-state index in [9.17, 15) is 9.59 Å². The van der Waals surface area contributed by atoms with Crippen molar-refractivity contribution >= 4 is 12.1 Å². The topological polar surface area (TPSA) is 95.9 Å². The molecule has 0 fully saturated rings. The highest BCUT2D eigenvalue weighted by Crippen LogP contribution is 1.92. The van der Waals surface area contributed by atoms with E-state index in [1.807, 2.05) is 0 Å². The van der Waals surface area contributed by atoms with Crippen LogP contribution in [0.2, 0.25) is 0 Å². The van der Waals surface area contributed by atoms with Crippen LogP contribution >= 0.6 is 0 Å². The largest absolute Gasteiger partial charge is 0.481 e. The summed E-state index contributed by atoms with van der Waals surface area (Å²) in [4.78, 5) is 21.2. The SMILES string of the molecule is C=CCOC(=O)NCC(CO)C(=O)O. The number of rotatable bonds is 6. The Bertz CT molecular complexity index is 216. The number of carbonyl (C=O) groups is 2. The fourth-order valence-corrected chi connectivity index (χ4v) is 0.622. The molecule has 1 unspecified atom stereocenters. The van der Waals surface area contributed by atoms with Gasteiger partial charge < -0.3 is 20.3 Å². The Labute approximate surface area is 81.2 Å². The van der Waals surface area contributed by atoms with Crippen molar-refractivity contribution in [1.29, 1.82) is 0 Å². The number of alkyl carbamates (subject to hydrolysis) is 1. The van der Waals surface area contributed by atoms with Gasteiger partial charge in [-0.25, -0.2) is 4.79 Å². The predicted octanol–water partition coefficient (Wildman–Crippen LogP) is -0.408. The number of hydrogen-bond acceptors (Lipinski definition) is 4. The maximum atomic E-state index is 10.8. The molecule has 0 bridgehead atoms. The molecule has 0 radical (unpaired) electrons. The van der Waals surface area contributed by atoms with Gasteiger partial charge in [-0.2, -0.15) is 0 Å². The number of hydrogen-bond donors (Lipinski definition) is 3. The van der Waals surface area contributed by atoms with Crippen molar-refractivity contribution in [2.45, 2.75) is 0 Å². The number of amides is 1. The van der Waals surface area contributed by atoms with E-state index in [4.69, 9.17) is 10.2 Å². The Morgan fingerprint density at radius 1 is 1.57 bits per heavy atom. The molecule has 0 aromatic carbocycles. The first-order chi connectivity index (χ1) is 6.61. The molecule has 0 aromatic heterocycles. The lowest BCUT2D eigenvalue weighted by Crippen LogP contribution is -2.35. The van der Waals surface area contributed by atoms with E-state index >= 15 is 0 Å². The molecule has 1 amide bonds. The summed E-state index contributed by atoms with van der Waals surface area (Å²) in [5, 5.41) is 19.3. The molecule has 0 aliphatic rings. The molecular formula is C8H13NO5. The summed E-state index contributed by atoms with van der Waals surface area (Å²) in [6, 6.07) is 0. The average molecular weight is 203 g/mol. The van der Waals surface area contributed by atoms with Gasteiger partial charge in [0.1, 0.15) is 6.61 Å². The van der Waals surface area contributed by atoms with Gasteiger partial charge in [0.15, 0.2) is 0 Å². The van der Waals surface area contributed by atoms with Crippen LogP contribution < -0.4 is 5.32 Å². The number of ether oxygens (including phenoxy) is 1. The van der Waals surface area contributed by atoms with Crippen LogP contribution in [0.4, 0.5) is 4.79 Å². The van der Waals surface area contributed by atoms with Crippen LogP contribution in [0.25, 0.3) is 0 Å². The van der Waals surface area contributed by atoms with Crippen LogP contribution in [0, 0.1) is 5.92 Å². The molecule has 0 aliphatic heterocycles. The lowest BCUT2D eigenvalue weighted by atomic mass is 10.2. The minimum atomic E-state index is -1.17. The number of carbonyl (C=O) groups excluding carboxylic acids is 1. The highest BCUT2D eigenvalue weighted by molar-refractivity contribution is 5.72. The Balaban J connectivity index is 3.73. The molecule has 0 aliphatic carbocycles. The van der Waals surface area contributed by atoms with E-state index in [-0.39, 0.29) is 13.2 Å². The van der Waals surface area contributed by atoms with E-state index in [2.05, 4.69) is 16.6 Å². The third-order valence-electron chi connectivity index (χ3n) is 1.39. The molecule has 3 N–H and O–H groups in total. The first-order valence-corrected chi connectivity index (χ1v) is 3.97. The van der Waals surface area contributed by atoms with E-state index < -0.39 is 24.6 Å². The Hall–Kier alpha value is -1.56. The molecule has 0 saturated carbocycles. The molecule has 6 heteroatoms. The summed E-state index contributed by atoms with van der Waals surface area (Å²) in [6.45, 7) is 2.70. The molecule has 0 heterocycles. The fraction of sp³-hybridized carbons (Fsp3) is 0.500. The Kier molecular flexibility index (Phi) is 6.13. The fourth-order valence-electron chi connectivity index (χ4n) is 0.622. The van der Waals surface area contributed by atoms with Gasteiger partial charge in [-0.3, -0.25) is 4.79 Å². The van der Waals surface area contributed by atoms with Crippen molar-refractivity contribution in [3.63, 3.8) is 0 Å². The van der Waals surface area contributed by atoms with Gasteiger partial charge in [0, 0.05) is 6.54 Å². The van der Waals surface area contributed by atoms with Crippen LogP contribution in [-0.4, -0.2) is 42.0 Å². The molecule has 6 nitrogen and oxygen atoms in total. The zero-order valence-electron chi connectivity index (χ0n) is 7.60. The van der Waals surface area contributed by atoms with Crippen LogP contribution in [-0.2, 0) is 9.53 Å². The van der Waals surface area contributed by atoms with Gasteiger partial charge in [-0.15, -0.1) is 0 Å². The zero-order chi connectivity index (χ0) is 11.0. The smallest absolute Gasteiger partial charge is 0.407 e. The minimum absolute atomic E-state index is 0.0582. The van der Waals surface area contributed by atoms with Crippen molar-refractivity contribution in [2.24, 2.45) is 5.92 Å². The van der Waals surface area contributed by atoms with Crippen LogP contribution in [0.15, 0.2) is 12.7 Å². The standard InChI is InChI=1S/C8H13NO5/c1-2-3-14-8(13)9-4-6(5-10)7(11)12/h2,6,10H,1,3-5H2,(H,9,13)(H,11,12). The summed E-state index contributed by atoms with van der Waals surface area (Å²) in [5.74, 6) is -2.18. The van der Waals surface area contributed by atoms with E-state index in [0.717, 1.165) is 0 Å². The second-order valence-corrected chi connectivity index (χ2v) is 2.49. The maximum absolute atomic E-state index is 10.8. The third kappa shape index (κ3) is 5.15. The normalized spacial score (nSPS) is 11.5. The number of aliphatic hydroxyl groups excluding tert-OH is 1. The summed E-state index contributed by atoms with van der Waals surface area (Å²) < 4.78 is 4.52. The van der Waals surface area contributed by atoms with Gasteiger partial charge in [-0.1, -0.05) is 12.7 Å². The first kappa shape index (κ1) is 12.4. The monoisotopic (exact) mass is 203 g/mol. The number of carboxylic acids is 1.